The van der Waals surface area contributed by atoms with Crippen LogP contribution in [0.2, 0.25) is 0 Å². The molecule has 1 heterocycles. The fraction of sp³-hybridized carbons (Fsp3) is 0.222. The van der Waals surface area contributed by atoms with E-state index in [9.17, 15) is 4.79 Å². The van der Waals surface area contributed by atoms with Crippen LogP contribution in [0.25, 0.3) is 5.69 Å². The number of nitrogens with zero attached hydrogens (tertiary/aromatic N) is 4. The van der Waals surface area contributed by atoms with E-state index in [1.807, 2.05) is 0 Å². The number of hydrogen-bond acceptors (Lipinski definition) is 7. The molecule has 0 unspecified atom stereocenters. The van der Waals surface area contributed by atoms with Crippen molar-refractivity contribution in [3.05, 3.63) is 47.8 Å². The summed E-state index contributed by atoms with van der Waals surface area (Å²) in [6.07, 6.45) is 0. The Balaban J connectivity index is 1.95. The molecule has 2 aromatic carbocycles. The van der Waals surface area contributed by atoms with Crippen molar-refractivity contribution in [2.24, 2.45) is 0 Å². The Morgan fingerprint density at radius 2 is 1.81 bits per heavy atom. The maximum absolute atomic E-state index is 12.8. The van der Waals surface area contributed by atoms with Gasteiger partial charge in [-0.05, 0) is 47.7 Å². The summed E-state index contributed by atoms with van der Waals surface area (Å²) < 4.78 is 17.5. The molecule has 140 valence electrons. The number of hydrogen-bond donors (Lipinski definition) is 1. The highest BCUT2D eigenvalue weighted by atomic mass is 16.5. The quantitative estimate of drug-likeness (QED) is 0.711. The standard InChI is InChI=1S/C18H19N5O4/c1-11-20-21-22-23(11)14-10-12(8-9-15(14)25-2)19-18(24)13-6-5-7-16(26-3)17(13)27-4/h5-10H,1-4H3,(H,19,24). The normalized spacial score (nSPS) is 10.4. The van der Waals surface area contributed by atoms with Gasteiger partial charge < -0.3 is 19.5 Å². The van der Waals surface area contributed by atoms with Crippen LogP contribution in [0.15, 0.2) is 36.4 Å². The zero-order valence-electron chi connectivity index (χ0n) is 15.4. The van der Waals surface area contributed by atoms with E-state index in [-0.39, 0.29) is 5.91 Å². The van der Waals surface area contributed by atoms with Crippen molar-refractivity contribution in [1.82, 2.24) is 20.2 Å². The topological polar surface area (TPSA) is 100 Å². The van der Waals surface area contributed by atoms with Gasteiger partial charge in [-0.2, -0.15) is 4.68 Å². The molecule has 0 spiro atoms. The van der Waals surface area contributed by atoms with Crippen molar-refractivity contribution >= 4 is 11.6 Å². The number of anilines is 1. The van der Waals surface area contributed by atoms with Crippen LogP contribution in [0.4, 0.5) is 5.69 Å². The minimum absolute atomic E-state index is 0.338. The number of aryl methyl sites for hydroxylation is 1. The number of tetrazole rings is 1. The first-order chi connectivity index (χ1) is 13.1. The van der Waals surface area contributed by atoms with Crippen LogP contribution in [0.1, 0.15) is 16.2 Å². The van der Waals surface area contributed by atoms with Gasteiger partial charge in [0.1, 0.15) is 11.4 Å². The Labute approximate surface area is 155 Å². The number of nitrogens with one attached hydrogen (secondary N) is 1. The summed E-state index contributed by atoms with van der Waals surface area (Å²) in [5, 5.41) is 14.3. The summed E-state index contributed by atoms with van der Waals surface area (Å²) in [4.78, 5) is 12.8. The molecule has 9 heteroatoms. The van der Waals surface area contributed by atoms with Gasteiger partial charge >= 0.3 is 0 Å². The van der Waals surface area contributed by atoms with E-state index < -0.39 is 0 Å². The zero-order valence-corrected chi connectivity index (χ0v) is 15.4. The van der Waals surface area contributed by atoms with E-state index >= 15 is 0 Å². The van der Waals surface area contributed by atoms with Crippen LogP contribution in [0, 0.1) is 6.92 Å². The lowest BCUT2D eigenvalue weighted by molar-refractivity contribution is 0.102. The fourth-order valence-corrected chi connectivity index (χ4v) is 2.65. The summed E-state index contributed by atoms with van der Waals surface area (Å²) in [7, 11) is 4.56. The van der Waals surface area contributed by atoms with Gasteiger partial charge in [0.15, 0.2) is 17.3 Å². The van der Waals surface area contributed by atoms with Crippen molar-refractivity contribution in [1.29, 1.82) is 0 Å². The number of carbonyl (C=O) groups excluding carboxylic acids is 1. The minimum Gasteiger partial charge on any atom is -0.494 e. The van der Waals surface area contributed by atoms with Crippen molar-refractivity contribution < 1.29 is 19.0 Å². The SMILES string of the molecule is COc1ccc(NC(=O)c2cccc(OC)c2OC)cc1-n1nnnc1C. The number of rotatable bonds is 6. The molecule has 0 atom stereocenters. The van der Waals surface area contributed by atoms with E-state index in [1.54, 1.807) is 50.4 Å². The van der Waals surface area contributed by atoms with Crippen LogP contribution >= 0.6 is 0 Å². The predicted molar refractivity (Wildman–Crippen MR) is 97.9 cm³/mol. The lowest BCUT2D eigenvalue weighted by atomic mass is 10.1. The van der Waals surface area contributed by atoms with E-state index in [0.29, 0.717) is 40.0 Å². The highest BCUT2D eigenvalue weighted by Gasteiger charge is 2.18. The Morgan fingerprint density at radius 1 is 1.04 bits per heavy atom. The molecule has 27 heavy (non-hydrogen) atoms. The molecule has 0 saturated heterocycles. The van der Waals surface area contributed by atoms with Crippen molar-refractivity contribution in [3.8, 4) is 22.9 Å². The molecule has 0 saturated carbocycles. The maximum Gasteiger partial charge on any atom is 0.259 e. The van der Waals surface area contributed by atoms with Gasteiger partial charge in [0.05, 0.1) is 26.9 Å². The molecule has 0 aliphatic rings. The second-order valence-corrected chi connectivity index (χ2v) is 5.52. The first-order valence-electron chi connectivity index (χ1n) is 8.04. The average Bonchev–Trinajstić information content (AvgIpc) is 3.12. The summed E-state index contributed by atoms with van der Waals surface area (Å²) in [5.74, 6) is 1.66. The molecule has 1 amide bonds. The molecule has 0 fully saturated rings. The number of aromatic nitrogens is 4. The number of para-hydroxylation sites is 1. The molecular weight excluding hydrogens is 350 g/mol. The lowest BCUT2D eigenvalue weighted by Gasteiger charge is -2.14. The van der Waals surface area contributed by atoms with Gasteiger partial charge in [0.25, 0.3) is 5.91 Å². The highest BCUT2D eigenvalue weighted by molar-refractivity contribution is 6.06. The third-order valence-electron chi connectivity index (χ3n) is 3.94. The Kier molecular flexibility index (Phi) is 5.20. The van der Waals surface area contributed by atoms with Crippen molar-refractivity contribution in [2.75, 3.05) is 26.6 Å². The third kappa shape index (κ3) is 3.52. The van der Waals surface area contributed by atoms with Gasteiger partial charge in [-0.3, -0.25) is 4.79 Å². The van der Waals surface area contributed by atoms with Crippen molar-refractivity contribution in [2.45, 2.75) is 6.92 Å². The predicted octanol–water partition coefficient (Wildman–Crippen LogP) is 2.25. The number of benzene rings is 2. The number of amides is 1. The number of methoxy groups -OCH3 is 3. The average molecular weight is 369 g/mol. The van der Waals surface area contributed by atoms with Crippen LogP contribution < -0.4 is 19.5 Å². The van der Waals surface area contributed by atoms with Gasteiger partial charge in [0.2, 0.25) is 0 Å². The third-order valence-corrected chi connectivity index (χ3v) is 3.94. The van der Waals surface area contributed by atoms with Crippen LogP contribution in [0.3, 0.4) is 0 Å². The van der Waals surface area contributed by atoms with Crippen LogP contribution in [0.5, 0.6) is 17.2 Å². The van der Waals surface area contributed by atoms with Gasteiger partial charge in [-0.1, -0.05) is 6.07 Å². The fourth-order valence-electron chi connectivity index (χ4n) is 2.65. The molecule has 9 nitrogen and oxygen atoms in total. The maximum atomic E-state index is 12.8. The lowest BCUT2D eigenvalue weighted by Crippen LogP contribution is -2.14. The Morgan fingerprint density at radius 3 is 2.44 bits per heavy atom. The molecule has 3 aromatic rings. The first kappa shape index (κ1) is 18.2. The van der Waals surface area contributed by atoms with Crippen LogP contribution in [-0.2, 0) is 0 Å². The molecule has 0 aliphatic carbocycles. The minimum atomic E-state index is -0.338. The van der Waals surface area contributed by atoms with E-state index in [4.69, 9.17) is 14.2 Å². The van der Waals surface area contributed by atoms with Crippen molar-refractivity contribution in [3.63, 3.8) is 0 Å². The second kappa shape index (κ2) is 7.73. The molecule has 3 rings (SSSR count). The smallest absolute Gasteiger partial charge is 0.259 e. The summed E-state index contributed by atoms with van der Waals surface area (Å²) in [5.41, 5.74) is 1.51. The number of carbonyl (C=O) groups is 1. The van der Waals surface area contributed by atoms with E-state index in [0.717, 1.165) is 0 Å². The molecular formula is C18H19N5O4. The Hall–Kier alpha value is -3.62. The molecule has 0 aliphatic heterocycles. The summed E-state index contributed by atoms with van der Waals surface area (Å²) in [6.45, 7) is 1.77. The summed E-state index contributed by atoms with van der Waals surface area (Å²) >= 11 is 0. The van der Waals surface area contributed by atoms with E-state index in [2.05, 4.69) is 20.8 Å². The molecule has 1 aromatic heterocycles. The largest absolute Gasteiger partial charge is 0.494 e. The molecule has 0 bridgehead atoms. The number of ether oxygens (including phenoxy) is 3. The molecule has 1 N–H and O–H groups in total. The van der Waals surface area contributed by atoms with Gasteiger partial charge in [-0.25, -0.2) is 0 Å². The van der Waals surface area contributed by atoms with Gasteiger partial charge in [0, 0.05) is 5.69 Å². The second-order valence-electron chi connectivity index (χ2n) is 5.52. The monoisotopic (exact) mass is 369 g/mol. The Bertz CT molecular complexity index is 970. The first-order valence-corrected chi connectivity index (χ1v) is 8.04. The zero-order chi connectivity index (χ0) is 19.4. The summed E-state index contributed by atoms with van der Waals surface area (Å²) in [6, 6.07) is 10.3. The van der Waals surface area contributed by atoms with Crippen LogP contribution in [-0.4, -0.2) is 47.4 Å². The molecule has 0 radical (unpaired) electrons. The highest BCUT2D eigenvalue weighted by Crippen LogP contribution is 2.32. The van der Waals surface area contributed by atoms with E-state index in [1.165, 1.54) is 18.9 Å². The van der Waals surface area contributed by atoms with Gasteiger partial charge in [-0.15, -0.1) is 5.10 Å².